The van der Waals surface area contributed by atoms with Crippen molar-refractivity contribution >= 4 is 21.6 Å². The molecule has 3 aromatic rings. The van der Waals surface area contributed by atoms with Gasteiger partial charge in [0.05, 0.1) is 10.9 Å². The van der Waals surface area contributed by atoms with E-state index in [0.717, 1.165) is 11.1 Å². The summed E-state index contributed by atoms with van der Waals surface area (Å²) in [5.74, 6) is -0.709. The smallest absolute Gasteiger partial charge is 0.261 e. The maximum absolute atomic E-state index is 13.1. The van der Waals surface area contributed by atoms with Crippen LogP contribution in [0.1, 0.15) is 34.5 Å². The number of benzene rings is 3. The highest BCUT2D eigenvalue weighted by Gasteiger charge is 2.16. The van der Waals surface area contributed by atoms with Crippen molar-refractivity contribution in [2.45, 2.75) is 24.8 Å². The highest BCUT2D eigenvalue weighted by atomic mass is 32.2. The molecule has 0 saturated heterocycles. The largest absolute Gasteiger partial charge is 0.346 e. The normalized spacial score (nSPS) is 12.2. The molecular formula is C22H21FN2O3S. The summed E-state index contributed by atoms with van der Waals surface area (Å²) in [7, 11) is -3.76. The molecular weight excluding hydrogens is 391 g/mol. The number of hydrogen-bond donors (Lipinski definition) is 2. The summed E-state index contributed by atoms with van der Waals surface area (Å²) in [5.41, 5.74) is 2.31. The second-order valence-corrected chi connectivity index (χ2v) is 8.43. The molecule has 0 saturated carbocycles. The Morgan fingerprint density at radius 3 is 2.28 bits per heavy atom. The zero-order chi connectivity index (χ0) is 21.0. The van der Waals surface area contributed by atoms with E-state index in [2.05, 4.69) is 10.0 Å². The van der Waals surface area contributed by atoms with Crippen LogP contribution in [0.3, 0.4) is 0 Å². The van der Waals surface area contributed by atoms with Crippen LogP contribution >= 0.6 is 0 Å². The van der Waals surface area contributed by atoms with Gasteiger partial charge >= 0.3 is 0 Å². The van der Waals surface area contributed by atoms with Gasteiger partial charge in [0.1, 0.15) is 5.82 Å². The fourth-order valence-electron chi connectivity index (χ4n) is 2.77. The van der Waals surface area contributed by atoms with Gasteiger partial charge in [0.2, 0.25) is 0 Å². The van der Waals surface area contributed by atoms with Crippen molar-refractivity contribution in [1.29, 1.82) is 0 Å². The summed E-state index contributed by atoms with van der Waals surface area (Å²) < 4.78 is 40.6. The maximum atomic E-state index is 13.1. The van der Waals surface area contributed by atoms with E-state index in [4.69, 9.17) is 0 Å². The standard InChI is InChI=1S/C22H21FN2O3S/c1-15-6-12-21(13-7-15)29(27,28)25-20-5-3-4-18(14-20)22(26)24-16(2)17-8-10-19(23)11-9-17/h3-14,16,25H,1-2H3,(H,24,26)/t16-/m1/s1. The van der Waals surface area contributed by atoms with Crippen molar-refractivity contribution in [2.24, 2.45) is 0 Å². The molecule has 0 aromatic heterocycles. The Hall–Kier alpha value is -3.19. The van der Waals surface area contributed by atoms with Crippen molar-refractivity contribution in [2.75, 3.05) is 4.72 Å². The molecule has 0 radical (unpaired) electrons. The number of sulfonamides is 1. The fourth-order valence-corrected chi connectivity index (χ4v) is 3.82. The minimum absolute atomic E-state index is 0.142. The van der Waals surface area contributed by atoms with Crippen molar-refractivity contribution < 1.29 is 17.6 Å². The number of carbonyl (C=O) groups is 1. The zero-order valence-electron chi connectivity index (χ0n) is 16.0. The zero-order valence-corrected chi connectivity index (χ0v) is 16.8. The van der Waals surface area contributed by atoms with Gasteiger partial charge in [-0.1, -0.05) is 35.9 Å². The van der Waals surface area contributed by atoms with Gasteiger partial charge in [-0.2, -0.15) is 0 Å². The SMILES string of the molecule is Cc1ccc(S(=O)(=O)Nc2cccc(C(=O)N[C@H](C)c3ccc(F)cc3)c2)cc1. The third-order valence-corrected chi connectivity index (χ3v) is 5.82. The first-order chi connectivity index (χ1) is 13.7. The molecule has 0 aliphatic heterocycles. The number of rotatable bonds is 6. The Bertz CT molecular complexity index is 1110. The Labute approximate surface area is 169 Å². The number of hydrogen-bond acceptors (Lipinski definition) is 3. The molecule has 3 aromatic carbocycles. The van der Waals surface area contributed by atoms with Crippen LogP contribution in [-0.2, 0) is 10.0 Å². The van der Waals surface area contributed by atoms with Crippen LogP contribution in [0.15, 0.2) is 77.7 Å². The molecule has 3 rings (SSSR count). The fraction of sp³-hybridized carbons (Fsp3) is 0.136. The lowest BCUT2D eigenvalue weighted by atomic mass is 10.1. The van der Waals surface area contributed by atoms with Crippen molar-refractivity contribution in [1.82, 2.24) is 5.32 Å². The summed E-state index contributed by atoms with van der Waals surface area (Å²) in [6.45, 7) is 3.66. The summed E-state index contributed by atoms with van der Waals surface area (Å²) in [5, 5.41) is 2.82. The topological polar surface area (TPSA) is 75.3 Å². The van der Waals surface area contributed by atoms with Crippen LogP contribution < -0.4 is 10.0 Å². The quantitative estimate of drug-likeness (QED) is 0.629. The van der Waals surface area contributed by atoms with Crippen LogP contribution in [0.4, 0.5) is 10.1 Å². The van der Waals surface area contributed by atoms with Crippen LogP contribution in [0, 0.1) is 12.7 Å². The van der Waals surface area contributed by atoms with Gasteiger partial charge in [-0.05, 0) is 61.9 Å². The average Bonchev–Trinajstić information content (AvgIpc) is 2.68. The summed E-state index contributed by atoms with van der Waals surface area (Å²) in [4.78, 5) is 12.7. The third kappa shape index (κ3) is 5.20. The van der Waals surface area contributed by atoms with Crippen LogP contribution in [0.5, 0.6) is 0 Å². The molecule has 0 fully saturated rings. The van der Waals surface area contributed by atoms with Crippen LogP contribution in [0.2, 0.25) is 0 Å². The first-order valence-corrected chi connectivity index (χ1v) is 10.5. The van der Waals surface area contributed by atoms with Gasteiger partial charge in [0.15, 0.2) is 0 Å². The van der Waals surface area contributed by atoms with Gasteiger partial charge < -0.3 is 5.32 Å². The second kappa shape index (κ2) is 8.45. The molecule has 0 aliphatic carbocycles. The highest BCUT2D eigenvalue weighted by Crippen LogP contribution is 2.19. The Morgan fingerprint density at radius 1 is 0.966 bits per heavy atom. The monoisotopic (exact) mass is 412 g/mol. The number of nitrogens with one attached hydrogen (secondary N) is 2. The number of halogens is 1. The van der Waals surface area contributed by atoms with E-state index in [9.17, 15) is 17.6 Å². The van der Waals surface area contributed by atoms with Crippen LogP contribution in [0.25, 0.3) is 0 Å². The minimum Gasteiger partial charge on any atom is -0.346 e. The van der Waals surface area contributed by atoms with Crippen molar-refractivity contribution in [3.05, 3.63) is 95.3 Å². The van der Waals surface area contributed by atoms with Gasteiger partial charge in [0.25, 0.3) is 15.9 Å². The lowest BCUT2D eigenvalue weighted by molar-refractivity contribution is 0.0940. The van der Waals surface area contributed by atoms with Gasteiger partial charge in [-0.3, -0.25) is 9.52 Å². The lowest BCUT2D eigenvalue weighted by Crippen LogP contribution is -2.26. The molecule has 29 heavy (non-hydrogen) atoms. The van der Waals surface area contributed by atoms with E-state index in [-0.39, 0.29) is 28.3 Å². The Morgan fingerprint density at radius 2 is 1.62 bits per heavy atom. The predicted molar refractivity (Wildman–Crippen MR) is 111 cm³/mol. The molecule has 150 valence electrons. The molecule has 0 aliphatic rings. The summed E-state index contributed by atoms with van der Waals surface area (Å²) >= 11 is 0. The van der Waals surface area contributed by atoms with E-state index in [1.165, 1.54) is 30.3 Å². The molecule has 2 N–H and O–H groups in total. The first-order valence-electron chi connectivity index (χ1n) is 9.00. The van der Waals surface area contributed by atoms with Gasteiger partial charge in [-0.15, -0.1) is 0 Å². The van der Waals surface area contributed by atoms with Crippen LogP contribution in [-0.4, -0.2) is 14.3 Å². The molecule has 0 heterocycles. The van der Waals surface area contributed by atoms with Gasteiger partial charge in [0, 0.05) is 11.3 Å². The van der Waals surface area contributed by atoms with E-state index < -0.39 is 10.0 Å². The van der Waals surface area contributed by atoms with E-state index in [0.29, 0.717) is 5.56 Å². The number of carbonyl (C=O) groups excluding carboxylic acids is 1. The van der Waals surface area contributed by atoms with E-state index >= 15 is 0 Å². The average molecular weight is 412 g/mol. The number of aryl methyl sites for hydroxylation is 1. The second-order valence-electron chi connectivity index (χ2n) is 6.75. The molecule has 1 atom stereocenters. The molecule has 0 bridgehead atoms. The summed E-state index contributed by atoms with van der Waals surface area (Å²) in [6.07, 6.45) is 0. The van der Waals surface area contributed by atoms with E-state index in [1.807, 2.05) is 6.92 Å². The number of amides is 1. The van der Waals surface area contributed by atoms with Gasteiger partial charge in [-0.25, -0.2) is 12.8 Å². The third-order valence-electron chi connectivity index (χ3n) is 4.43. The maximum Gasteiger partial charge on any atom is 0.261 e. The Kier molecular flexibility index (Phi) is 5.98. The van der Waals surface area contributed by atoms with E-state index in [1.54, 1.807) is 49.4 Å². The molecule has 7 heteroatoms. The number of anilines is 1. The molecule has 0 unspecified atom stereocenters. The molecule has 0 spiro atoms. The predicted octanol–water partition coefficient (Wildman–Crippen LogP) is 4.43. The lowest BCUT2D eigenvalue weighted by Gasteiger charge is -2.15. The highest BCUT2D eigenvalue weighted by molar-refractivity contribution is 7.92. The molecule has 1 amide bonds. The summed E-state index contributed by atoms with van der Waals surface area (Å²) in [6, 6.07) is 18.3. The molecule has 5 nitrogen and oxygen atoms in total. The van der Waals surface area contributed by atoms with Crippen molar-refractivity contribution in [3.8, 4) is 0 Å². The Balaban J connectivity index is 1.74. The first kappa shape index (κ1) is 20.5. The van der Waals surface area contributed by atoms with Crippen molar-refractivity contribution in [3.63, 3.8) is 0 Å². The minimum atomic E-state index is -3.76.